The van der Waals surface area contributed by atoms with Gasteiger partial charge in [0.2, 0.25) is 0 Å². The quantitative estimate of drug-likeness (QED) is 0.237. The van der Waals surface area contributed by atoms with Crippen LogP contribution in [-0.2, 0) is 21.7 Å². The molecule has 0 fully saturated rings. The summed E-state index contributed by atoms with van der Waals surface area (Å²) in [5.41, 5.74) is -2.75. The Hall–Kier alpha value is -2.65. The molecule has 0 unspecified atom stereocenters. The topological polar surface area (TPSA) is 29.5 Å². The lowest BCUT2D eigenvalue weighted by Crippen LogP contribution is -2.60. The monoisotopic (exact) mass is 571 g/mol. The van der Waals surface area contributed by atoms with E-state index in [1.807, 2.05) is 24.3 Å². The third-order valence-corrected chi connectivity index (χ3v) is 8.59. The van der Waals surface area contributed by atoms with Crippen molar-refractivity contribution in [2.24, 2.45) is 0 Å². The molecule has 0 aliphatic carbocycles. The zero-order valence-electron chi connectivity index (χ0n) is 22.7. The maximum atomic E-state index is 13.0. The van der Waals surface area contributed by atoms with Crippen molar-refractivity contribution in [1.82, 2.24) is 0 Å². The number of benzene rings is 3. The Morgan fingerprint density at radius 3 is 1.15 bits per heavy atom. The predicted molar refractivity (Wildman–Crippen MR) is 141 cm³/mol. The van der Waals surface area contributed by atoms with Crippen molar-refractivity contribution >= 4 is 10.9 Å². The molecule has 0 aliphatic rings. The normalized spacial score (nSPS) is 13.6. The average molecular weight is 572 g/mol. The van der Waals surface area contributed by atoms with Crippen LogP contribution in [0.4, 0.5) is 26.3 Å². The number of alkyl halides is 6. The van der Waals surface area contributed by atoms with Crippen molar-refractivity contribution < 1.29 is 36.2 Å². The Balaban J connectivity index is 1.97. The summed E-state index contributed by atoms with van der Waals surface area (Å²) in [6.07, 6.45) is -11.9. The van der Waals surface area contributed by atoms with Gasteiger partial charge >= 0.3 is 12.4 Å². The zero-order valence-corrected chi connectivity index (χ0v) is 23.5. The molecular formula is C30H33F6O2S+. The zero-order chi connectivity index (χ0) is 29.4. The average Bonchev–Trinajstić information content (AvgIpc) is 2.81. The Kier molecular flexibility index (Phi) is 8.50. The smallest absolute Gasteiger partial charge is 0.429 e. The first-order chi connectivity index (χ1) is 17.7. The van der Waals surface area contributed by atoms with Crippen molar-refractivity contribution in [3.63, 3.8) is 0 Å². The minimum atomic E-state index is -5.95. The van der Waals surface area contributed by atoms with E-state index in [4.69, 9.17) is 4.74 Å². The summed E-state index contributed by atoms with van der Waals surface area (Å²) in [5.74, 6) is -0.222. The van der Waals surface area contributed by atoms with Gasteiger partial charge in [-0.15, -0.1) is 0 Å². The van der Waals surface area contributed by atoms with E-state index in [1.165, 1.54) is 12.1 Å². The van der Waals surface area contributed by atoms with Gasteiger partial charge in [-0.25, -0.2) is 0 Å². The van der Waals surface area contributed by atoms with E-state index in [-0.39, 0.29) is 16.6 Å². The Labute approximate surface area is 228 Å². The molecule has 0 radical (unpaired) electrons. The second-order valence-electron chi connectivity index (χ2n) is 11.5. The molecule has 0 atom stereocenters. The van der Waals surface area contributed by atoms with Gasteiger partial charge in [-0.1, -0.05) is 65.8 Å². The minimum Gasteiger partial charge on any atom is -0.490 e. The molecule has 9 heteroatoms. The maximum absolute atomic E-state index is 13.0. The van der Waals surface area contributed by atoms with E-state index in [9.17, 15) is 31.4 Å². The van der Waals surface area contributed by atoms with Gasteiger partial charge < -0.3 is 9.84 Å². The van der Waals surface area contributed by atoms with Gasteiger partial charge in [-0.2, -0.15) is 26.3 Å². The summed E-state index contributed by atoms with van der Waals surface area (Å²) < 4.78 is 82.8. The summed E-state index contributed by atoms with van der Waals surface area (Å²) >= 11 is 0. The third-order valence-electron chi connectivity index (χ3n) is 6.36. The van der Waals surface area contributed by atoms with Crippen LogP contribution < -0.4 is 4.74 Å². The number of hydrogen-bond donors (Lipinski definition) is 1. The van der Waals surface area contributed by atoms with Gasteiger partial charge in [0.1, 0.15) is 12.4 Å². The molecule has 0 amide bonds. The fraction of sp³-hybridized carbons (Fsp3) is 0.400. The van der Waals surface area contributed by atoms with Crippen molar-refractivity contribution in [2.75, 3.05) is 6.61 Å². The molecule has 0 spiro atoms. The number of ether oxygens (including phenoxy) is 1. The van der Waals surface area contributed by atoms with Crippen LogP contribution in [0.1, 0.15) is 52.7 Å². The molecule has 0 heterocycles. The molecule has 212 valence electrons. The molecule has 0 bridgehead atoms. The fourth-order valence-corrected chi connectivity index (χ4v) is 5.82. The molecular weight excluding hydrogens is 538 g/mol. The summed E-state index contributed by atoms with van der Waals surface area (Å²) in [6, 6.07) is 22.3. The lowest BCUT2D eigenvalue weighted by atomic mass is 9.87. The van der Waals surface area contributed by atoms with E-state index in [2.05, 4.69) is 65.8 Å². The van der Waals surface area contributed by atoms with Crippen LogP contribution in [0.15, 0.2) is 87.5 Å². The van der Waals surface area contributed by atoms with Crippen molar-refractivity contribution in [3.8, 4) is 5.75 Å². The molecule has 1 N–H and O–H groups in total. The number of rotatable bonds is 6. The van der Waals surface area contributed by atoms with Gasteiger partial charge in [-0.05, 0) is 70.5 Å². The highest BCUT2D eigenvalue weighted by atomic mass is 32.2. The summed E-state index contributed by atoms with van der Waals surface area (Å²) in [5, 5.41) is 9.37. The Bertz CT molecular complexity index is 1160. The summed E-state index contributed by atoms with van der Waals surface area (Å²) in [4.78, 5) is 2.81. The van der Waals surface area contributed by atoms with E-state index >= 15 is 0 Å². The van der Waals surface area contributed by atoms with Gasteiger partial charge in [0.05, 0.1) is 10.9 Å². The van der Waals surface area contributed by atoms with Crippen LogP contribution >= 0.6 is 0 Å². The van der Waals surface area contributed by atoms with Gasteiger partial charge in [-0.3, -0.25) is 0 Å². The van der Waals surface area contributed by atoms with E-state index < -0.39 is 35.5 Å². The Morgan fingerprint density at radius 1 is 0.564 bits per heavy atom. The van der Waals surface area contributed by atoms with Crippen LogP contribution in [0.5, 0.6) is 5.75 Å². The first kappa shape index (κ1) is 30.9. The van der Waals surface area contributed by atoms with Crippen LogP contribution in [0.2, 0.25) is 0 Å². The van der Waals surface area contributed by atoms with E-state index in [1.54, 1.807) is 12.1 Å². The summed E-state index contributed by atoms with van der Waals surface area (Å²) in [6.45, 7) is 10.7. The lowest BCUT2D eigenvalue weighted by Gasteiger charge is -2.31. The number of halogens is 6. The molecule has 39 heavy (non-hydrogen) atoms. The molecule has 2 nitrogen and oxygen atoms in total. The molecule has 3 aromatic rings. The Morgan fingerprint density at radius 2 is 0.872 bits per heavy atom. The van der Waals surface area contributed by atoms with Gasteiger partial charge in [0, 0.05) is 0 Å². The van der Waals surface area contributed by atoms with Crippen LogP contribution in [0.25, 0.3) is 0 Å². The molecule has 0 aliphatic heterocycles. The first-order valence-corrected chi connectivity index (χ1v) is 13.5. The van der Waals surface area contributed by atoms with Gasteiger partial charge in [0.25, 0.3) is 5.60 Å². The predicted octanol–water partition coefficient (Wildman–Crippen LogP) is 8.61. The second kappa shape index (κ2) is 10.7. The number of hydrogen-bond acceptors (Lipinski definition) is 2. The maximum Gasteiger partial charge on any atom is 0.429 e. The highest BCUT2D eigenvalue weighted by molar-refractivity contribution is 7.97. The van der Waals surface area contributed by atoms with Crippen molar-refractivity contribution in [1.29, 1.82) is 0 Å². The van der Waals surface area contributed by atoms with Crippen LogP contribution in [0.3, 0.4) is 0 Å². The lowest BCUT2D eigenvalue weighted by molar-refractivity contribution is -0.373. The molecule has 0 saturated heterocycles. The third kappa shape index (κ3) is 6.92. The van der Waals surface area contributed by atoms with Gasteiger partial charge in [0.15, 0.2) is 14.7 Å². The SMILES string of the molecule is CC(C)(C)c1ccc([S+](c2ccc(OCC(O)(C(F)(F)F)C(F)(F)F)cc2)c2ccc(C(C)(C)C)cc2)cc1. The largest absolute Gasteiger partial charge is 0.490 e. The fourth-order valence-electron chi connectivity index (χ4n) is 3.77. The highest BCUT2D eigenvalue weighted by Crippen LogP contribution is 2.43. The molecule has 0 saturated carbocycles. The highest BCUT2D eigenvalue weighted by Gasteiger charge is 2.71. The van der Waals surface area contributed by atoms with Crippen molar-refractivity contribution in [3.05, 3.63) is 83.9 Å². The van der Waals surface area contributed by atoms with Crippen LogP contribution in [0, 0.1) is 0 Å². The molecule has 3 aromatic carbocycles. The van der Waals surface area contributed by atoms with E-state index in [0.29, 0.717) is 0 Å². The van der Waals surface area contributed by atoms with Crippen molar-refractivity contribution in [2.45, 2.75) is 85.0 Å². The molecule has 3 rings (SSSR count). The van der Waals surface area contributed by atoms with E-state index in [0.717, 1.165) is 25.8 Å². The number of aliphatic hydroxyl groups is 1. The first-order valence-electron chi connectivity index (χ1n) is 12.3. The molecule has 0 aromatic heterocycles. The minimum absolute atomic E-state index is 0.0424. The standard InChI is InChI=1S/C30H33F6O2S/c1-26(2,3)20-7-13-23(14-8-20)39(24-15-9-21(10-16-24)27(4,5)6)25-17-11-22(12-18-25)38-19-28(37,29(31,32)33)30(34,35)36/h7-18,37H,19H2,1-6H3/q+1. The van der Waals surface area contributed by atoms with Crippen LogP contribution in [-0.4, -0.2) is 29.7 Å². The second-order valence-corrected chi connectivity index (χ2v) is 13.5. The summed E-state index contributed by atoms with van der Waals surface area (Å²) in [7, 11) is -0.607.